The summed E-state index contributed by atoms with van der Waals surface area (Å²) >= 11 is 0. The Labute approximate surface area is 108 Å². The number of carboxylic acids is 1. The normalized spacial score (nSPS) is 21.9. The van der Waals surface area contributed by atoms with Crippen LogP contribution in [0.2, 0.25) is 0 Å². The molecule has 1 saturated heterocycles. The molecule has 3 N–H and O–H groups in total. The Kier molecular flexibility index (Phi) is 6.00. The third-order valence-corrected chi connectivity index (χ3v) is 4.54. The van der Waals surface area contributed by atoms with Crippen molar-refractivity contribution in [3.63, 3.8) is 0 Å². The second kappa shape index (κ2) is 7.03. The topological polar surface area (TPSA) is 98.7 Å². The Hall–Kier alpha value is -0.700. The number of nitrogens with one attached hydrogen (secondary N) is 2. The number of carboxylic acid groups (broad SMARTS) is 1. The molecule has 1 aliphatic rings. The molecular weight excluding hydrogens is 258 g/mol. The lowest BCUT2D eigenvalue weighted by Gasteiger charge is -2.29. The van der Waals surface area contributed by atoms with Crippen LogP contribution in [0, 0.1) is 5.92 Å². The fourth-order valence-corrected chi connectivity index (χ4v) is 3.25. The predicted molar refractivity (Wildman–Crippen MR) is 67.4 cm³/mol. The molecule has 1 unspecified atom stereocenters. The third-order valence-electron chi connectivity index (χ3n) is 2.96. The minimum absolute atomic E-state index is 0.0662. The van der Waals surface area contributed by atoms with Crippen LogP contribution in [0.3, 0.4) is 0 Å². The Morgan fingerprint density at radius 2 is 2.17 bits per heavy atom. The zero-order valence-corrected chi connectivity index (χ0v) is 11.4. The predicted octanol–water partition coefficient (Wildman–Crippen LogP) is -0.773. The molecule has 0 spiro atoms. The molecule has 0 aliphatic carbocycles. The molecule has 0 aromatic carbocycles. The van der Waals surface area contributed by atoms with Gasteiger partial charge < -0.3 is 10.4 Å². The molecule has 1 atom stereocenters. The molecule has 1 aliphatic heterocycles. The number of rotatable bonds is 7. The average Bonchev–Trinajstić information content (AvgIpc) is 2.35. The number of aliphatic carboxylic acids is 1. The summed E-state index contributed by atoms with van der Waals surface area (Å²) in [6.45, 7) is 1.56. The lowest BCUT2D eigenvalue weighted by molar-refractivity contribution is -0.142. The first-order valence-electron chi connectivity index (χ1n) is 6.09. The maximum absolute atomic E-state index is 11.9. The molecule has 18 heavy (non-hydrogen) atoms. The van der Waals surface area contributed by atoms with Crippen LogP contribution in [0.1, 0.15) is 19.3 Å². The van der Waals surface area contributed by atoms with E-state index in [9.17, 15) is 13.2 Å². The summed E-state index contributed by atoms with van der Waals surface area (Å²) in [6.07, 6.45) is 1.83. The summed E-state index contributed by atoms with van der Waals surface area (Å²) < 4.78 is 27.6. The van der Waals surface area contributed by atoms with E-state index < -0.39 is 22.1 Å². The minimum Gasteiger partial charge on any atom is -0.481 e. The van der Waals surface area contributed by atoms with Crippen molar-refractivity contribution in [3.05, 3.63) is 0 Å². The van der Waals surface area contributed by atoms with Crippen molar-refractivity contribution in [3.8, 4) is 0 Å². The van der Waals surface area contributed by atoms with Gasteiger partial charge in [-0.1, -0.05) is 0 Å². The van der Waals surface area contributed by atoms with E-state index >= 15 is 0 Å². The molecular formula is C10H21N3O4S. The van der Waals surface area contributed by atoms with Crippen LogP contribution < -0.4 is 10.0 Å². The van der Waals surface area contributed by atoms with Crippen LogP contribution >= 0.6 is 0 Å². The average molecular weight is 279 g/mol. The maximum Gasteiger partial charge on any atom is 0.307 e. The first-order chi connectivity index (χ1) is 8.47. The highest BCUT2D eigenvalue weighted by Gasteiger charge is 2.31. The Morgan fingerprint density at radius 3 is 2.78 bits per heavy atom. The zero-order chi connectivity index (χ0) is 13.6. The Bertz CT molecular complexity index is 371. The third kappa shape index (κ3) is 4.52. The first-order valence-corrected chi connectivity index (χ1v) is 7.53. The number of nitrogens with zero attached hydrogens (tertiary/aromatic N) is 1. The first kappa shape index (κ1) is 15.4. The molecule has 0 aromatic rings. The molecule has 0 amide bonds. The monoisotopic (exact) mass is 279 g/mol. The highest BCUT2D eigenvalue weighted by atomic mass is 32.2. The lowest BCUT2D eigenvalue weighted by Crippen LogP contribution is -2.47. The van der Waals surface area contributed by atoms with Crippen LogP contribution in [0.25, 0.3) is 0 Å². The van der Waals surface area contributed by atoms with Crippen molar-refractivity contribution in [1.82, 2.24) is 14.3 Å². The molecule has 1 heterocycles. The highest BCUT2D eigenvalue weighted by Crippen LogP contribution is 2.18. The van der Waals surface area contributed by atoms with E-state index in [1.54, 1.807) is 7.05 Å². The second-order valence-electron chi connectivity index (χ2n) is 4.39. The summed E-state index contributed by atoms with van der Waals surface area (Å²) in [5.41, 5.74) is 0. The number of hydrogen-bond acceptors (Lipinski definition) is 4. The van der Waals surface area contributed by atoms with Crippen LogP contribution in [0.15, 0.2) is 0 Å². The van der Waals surface area contributed by atoms with E-state index in [2.05, 4.69) is 10.0 Å². The minimum atomic E-state index is -3.54. The number of piperidine rings is 1. The van der Waals surface area contributed by atoms with Gasteiger partial charge in [0.2, 0.25) is 0 Å². The Morgan fingerprint density at radius 1 is 1.44 bits per heavy atom. The highest BCUT2D eigenvalue weighted by molar-refractivity contribution is 7.87. The fraction of sp³-hybridized carbons (Fsp3) is 0.900. The van der Waals surface area contributed by atoms with E-state index in [0.717, 1.165) is 6.54 Å². The van der Waals surface area contributed by atoms with E-state index in [4.69, 9.17) is 5.11 Å². The largest absolute Gasteiger partial charge is 0.481 e. The second-order valence-corrected chi connectivity index (χ2v) is 6.15. The van der Waals surface area contributed by atoms with Gasteiger partial charge in [-0.15, -0.1) is 0 Å². The van der Waals surface area contributed by atoms with Crippen molar-refractivity contribution in [2.24, 2.45) is 5.92 Å². The van der Waals surface area contributed by atoms with Gasteiger partial charge in [0.15, 0.2) is 0 Å². The molecule has 0 aromatic heterocycles. The van der Waals surface area contributed by atoms with E-state index in [0.29, 0.717) is 32.4 Å². The van der Waals surface area contributed by atoms with Crippen LogP contribution in [-0.2, 0) is 15.0 Å². The van der Waals surface area contributed by atoms with Crippen LogP contribution in [-0.4, -0.2) is 57.0 Å². The van der Waals surface area contributed by atoms with Crippen molar-refractivity contribution in [1.29, 1.82) is 0 Å². The zero-order valence-electron chi connectivity index (χ0n) is 10.6. The standard InChI is InChI=1S/C10H21N3O4S/c1-11-5-3-6-12-18(16,17)13-7-2-4-9(8-13)10(14)15/h9,11-12H,2-8H2,1H3,(H,14,15). The van der Waals surface area contributed by atoms with Crippen molar-refractivity contribution >= 4 is 16.2 Å². The summed E-state index contributed by atoms with van der Waals surface area (Å²) in [5.74, 6) is -1.52. The van der Waals surface area contributed by atoms with Gasteiger partial charge in [0.1, 0.15) is 0 Å². The quantitative estimate of drug-likeness (QED) is 0.531. The summed E-state index contributed by atoms with van der Waals surface area (Å²) in [6, 6.07) is 0. The number of hydrogen-bond donors (Lipinski definition) is 3. The fourth-order valence-electron chi connectivity index (χ4n) is 1.92. The van der Waals surface area contributed by atoms with Gasteiger partial charge in [0.05, 0.1) is 5.92 Å². The summed E-state index contributed by atoms with van der Waals surface area (Å²) in [4.78, 5) is 10.9. The van der Waals surface area contributed by atoms with Crippen molar-refractivity contribution in [2.75, 3.05) is 33.2 Å². The summed E-state index contributed by atoms with van der Waals surface area (Å²) in [7, 11) is -1.74. The lowest BCUT2D eigenvalue weighted by atomic mass is 10.0. The van der Waals surface area contributed by atoms with E-state index in [1.165, 1.54) is 4.31 Å². The van der Waals surface area contributed by atoms with Gasteiger partial charge in [-0.3, -0.25) is 4.79 Å². The van der Waals surface area contributed by atoms with Crippen LogP contribution in [0.5, 0.6) is 0 Å². The molecule has 0 radical (unpaired) electrons. The molecule has 1 rings (SSSR count). The molecule has 0 bridgehead atoms. The van der Waals surface area contributed by atoms with Gasteiger partial charge in [0.25, 0.3) is 10.2 Å². The van der Waals surface area contributed by atoms with Crippen molar-refractivity contribution < 1.29 is 18.3 Å². The summed E-state index contributed by atoms with van der Waals surface area (Å²) in [5, 5.41) is 11.8. The van der Waals surface area contributed by atoms with Gasteiger partial charge in [-0.25, -0.2) is 4.72 Å². The van der Waals surface area contributed by atoms with E-state index in [-0.39, 0.29) is 6.54 Å². The molecule has 1 fully saturated rings. The van der Waals surface area contributed by atoms with Crippen molar-refractivity contribution in [2.45, 2.75) is 19.3 Å². The number of carbonyl (C=O) groups is 1. The van der Waals surface area contributed by atoms with E-state index in [1.807, 2.05) is 0 Å². The molecule has 0 saturated carbocycles. The maximum atomic E-state index is 11.9. The molecule has 106 valence electrons. The smallest absolute Gasteiger partial charge is 0.307 e. The Balaban J connectivity index is 2.48. The van der Waals surface area contributed by atoms with Gasteiger partial charge in [0, 0.05) is 19.6 Å². The van der Waals surface area contributed by atoms with Crippen LogP contribution in [0.4, 0.5) is 0 Å². The van der Waals surface area contributed by atoms with Gasteiger partial charge in [-0.05, 0) is 32.9 Å². The molecule has 7 nitrogen and oxygen atoms in total. The van der Waals surface area contributed by atoms with Gasteiger partial charge >= 0.3 is 5.97 Å². The molecule has 8 heteroatoms. The van der Waals surface area contributed by atoms with Gasteiger partial charge in [-0.2, -0.15) is 12.7 Å². The SMILES string of the molecule is CNCCCNS(=O)(=O)N1CCCC(C(=O)O)C1.